The van der Waals surface area contributed by atoms with Gasteiger partial charge in [-0.15, -0.1) is 5.10 Å². The van der Waals surface area contributed by atoms with E-state index in [1.807, 2.05) is 19.1 Å². The number of nitrogens with zero attached hydrogens (tertiary/aromatic N) is 5. The molecular formula is C9H12N6S. The summed E-state index contributed by atoms with van der Waals surface area (Å²) >= 11 is 1.42. The Morgan fingerprint density at radius 2 is 2.25 bits per heavy atom. The molecule has 2 aromatic heterocycles. The van der Waals surface area contributed by atoms with E-state index >= 15 is 0 Å². The van der Waals surface area contributed by atoms with Crippen molar-refractivity contribution < 1.29 is 0 Å². The van der Waals surface area contributed by atoms with E-state index in [1.165, 1.54) is 11.8 Å². The Labute approximate surface area is 97.2 Å². The Morgan fingerprint density at radius 3 is 2.88 bits per heavy atom. The third-order valence-electron chi connectivity index (χ3n) is 2.07. The molecule has 6 nitrogen and oxygen atoms in total. The quantitative estimate of drug-likeness (QED) is 0.836. The number of hydrogen-bond acceptors (Lipinski definition) is 6. The van der Waals surface area contributed by atoms with E-state index in [4.69, 9.17) is 5.73 Å². The van der Waals surface area contributed by atoms with Crippen LogP contribution in [-0.2, 0) is 13.6 Å². The molecule has 2 heterocycles. The Hall–Kier alpha value is -1.47. The van der Waals surface area contributed by atoms with Crippen molar-refractivity contribution in [2.45, 2.75) is 23.7 Å². The molecule has 0 bridgehead atoms. The SMILES string of the molecule is Cc1ccc(CN)c(Sc2nnnn2C)n1. The molecule has 2 N–H and O–H groups in total. The highest BCUT2D eigenvalue weighted by Gasteiger charge is 2.10. The van der Waals surface area contributed by atoms with Gasteiger partial charge in [-0.3, -0.25) is 0 Å². The summed E-state index contributed by atoms with van der Waals surface area (Å²) in [6.45, 7) is 2.40. The number of hydrogen-bond donors (Lipinski definition) is 1. The minimum Gasteiger partial charge on any atom is -0.326 e. The molecule has 16 heavy (non-hydrogen) atoms. The second-order valence-electron chi connectivity index (χ2n) is 3.31. The molecule has 0 radical (unpaired) electrons. The summed E-state index contributed by atoms with van der Waals surface area (Å²) in [6.07, 6.45) is 0. The minimum atomic E-state index is 0.459. The first kappa shape index (κ1) is 11.0. The van der Waals surface area contributed by atoms with Crippen molar-refractivity contribution >= 4 is 11.8 Å². The molecule has 0 saturated heterocycles. The molecule has 84 valence electrons. The van der Waals surface area contributed by atoms with E-state index < -0.39 is 0 Å². The molecule has 0 aliphatic rings. The predicted octanol–water partition coefficient (Wildman–Crippen LogP) is 0.523. The van der Waals surface area contributed by atoms with Gasteiger partial charge >= 0.3 is 0 Å². The van der Waals surface area contributed by atoms with Crippen LogP contribution in [0.25, 0.3) is 0 Å². The van der Waals surface area contributed by atoms with Crippen LogP contribution >= 0.6 is 11.8 Å². The summed E-state index contributed by atoms with van der Waals surface area (Å²) < 4.78 is 1.61. The fraction of sp³-hybridized carbons (Fsp3) is 0.333. The van der Waals surface area contributed by atoms with Gasteiger partial charge in [0.05, 0.1) is 0 Å². The number of aryl methyl sites for hydroxylation is 2. The van der Waals surface area contributed by atoms with Gasteiger partial charge in [-0.2, -0.15) is 0 Å². The lowest BCUT2D eigenvalue weighted by atomic mass is 10.2. The topological polar surface area (TPSA) is 82.5 Å². The number of nitrogens with two attached hydrogens (primary N) is 1. The van der Waals surface area contributed by atoms with Crippen molar-refractivity contribution in [3.63, 3.8) is 0 Å². The standard InChI is InChI=1S/C9H12N6S/c1-6-3-4-7(5-10)8(11-6)16-9-12-13-14-15(9)2/h3-4H,5,10H2,1-2H3. The molecule has 2 aromatic rings. The molecule has 0 spiro atoms. The van der Waals surface area contributed by atoms with Crippen LogP contribution in [0.1, 0.15) is 11.3 Å². The molecule has 7 heteroatoms. The Morgan fingerprint density at radius 1 is 1.44 bits per heavy atom. The zero-order valence-corrected chi connectivity index (χ0v) is 9.90. The fourth-order valence-corrected chi connectivity index (χ4v) is 2.09. The fourth-order valence-electron chi connectivity index (χ4n) is 1.20. The number of aromatic nitrogens is 5. The maximum absolute atomic E-state index is 5.66. The molecular weight excluding hydrogens is 224 g/mol. The van der Waals surface area contributed by atoms with E-state index in [-0.39, 0.29) is 0 Å². The van der Waals surface area contributed by atoms with Gasteiger partial charge in [-0.25, -0.2) is 9.67 Å². The Bertz CT molecular complexity index is 494. The van der Waals surface area contributed by atoms with E-state index in [1.54, 1.807) is 11.7 Å². The number of pyridine rings is 1. The van der Waals surface area contributed by atoms with Gasteiger partial charge < -0.3 is 5.73 Å². The first-order chi connectivity index (χ1) is 7.70. The third-order valence-corrected chi connectivity index (χ3v) is 3.14. The zero-order chi connectivity index (χ0) is 11.5. The van der Waals surface area contributed by atoms with Gasteiger partial charge in [0.1, 0.15) is 5.03 Å². The molecule has 0 unspecified atom stereocenters. The smallest absolute Gasteiger partial charge is 0.215 e. The lowest BCUT2D eigenvalue weighted by Crippen LogP contribution is -2.02. The molecule has 0 amide bonds. The maximum atomic E-state index is 5.66. The van der Waals surface area contributed by atoms with Crippen LogP contribution in [0.3, 0.4) is 0 Å². The van der Waals surface area contributed by atoms with E-state index in [2.05, 4.69) is 20.5 Å². The van der Waals surface area contributed by atoms with E-state index in [0.29, 0.717) is 11.7 Å². The second kappa shape index (κ2) is 4.58. The molecule has 0 saturated carbocycles. The summed E-state index contributed by atoms with van der Waals surface area (Å²) in [7, 11) is 1.79. The first-order valence-electron chi connectivity index (χ1n) is 4.77. The monoisotopic (exact) mass is 236 g/mol. The van der Waals surface area contributed by atoms with Crippen molar-refractivity contribution in [1.82, 2.24) is 25.2 Å². The average Bonchev–Trinajstić information content (AvgIpc) is 2.65. The Kier molecular flexibility index (Phi) is 3.16. The van der Waals surface area contributed by atoms with Gasteiger partial charge in [0.25, 0.3) is 0 Å². The van der Waals surface area contributed by atoms with Crippen molar-refractivity contribution in [2.24, 2.45) is 12.8 Å². The number of rotatable bonds is 3. The van der Waals surface area contributed by atoms with E-state index in [9.17, 15) is 0 Å². The van der Waals surface area contributed by atoms with Gasteiger partial charge in [0, 0.05) is 19.3 Å². The van der Waals surface area contributed by atoms with Crippen molar-refractivity contribution in [1.29, 1.82) is 0 Å². The Balaban J connectivity index is 2.33. The summed E-state index contributed by atoms with van der Waals surface area (Å²) in [5.74, 6) is 0. The van der Waals surface area contributed by atoms with Gasteiger partial charge in [-0.1, -0.05) is 6.07 Å². The van der Waals surface area contributed by atoms with Crippen molar-refractivity contribution in [3.8, 4) is 0 Å². The summed E-state index contributed by atoms with van der Waals surface area (Å²) in [5, 5.41) is 12.8. The van der Waals surface area contributed by atoms with Crippen molar-refractivity contribution in [2.75, 3.05) is 0 Å². The maximum Gasteiger partial charge on any atom is 0.215 e. The minimum absolute atomic E-state index is 0.459. The highest BCUT2D eigenvalue weighted by Crippen LogP contribution is 2.26. The third kappa shape index (κ3) is 2.20. The van der Waals surface area contributed by atoms with Crippen LogP contribution in [0, 0.1) is 6.92 Å². The summed E-state index contributed by atoms with van der Waals surface area (Å²) in [6, 6.07) is 3.93. The molecule has 0 atom stereocenters. The highest BCUT2D eigenvalue weighted by atomic mass is 32.2. The first-order valence-corrected chi connectivity index (χ1v) is 5.59. The second-order valence-corrected chi connectivity index (χ2v) is 4.26. The van der Waals surface area contributed by atoms with Crippen molar-refractivity contribution in [3.05, 3.63) is 23.4 Å². The zero-order valence-electron chi connectivity index (χ0n) is 9.08. The molecule has 0 aliphatic carbocycles. The lowest BCUT2D eigenvalue weighted by Gasteiger charge is -2.05. The summed E-state index contributed by atoms with van der Waals surface area (Å²) in [4.78, 5) is 4.43. The van der Waals surface area contributed by atoms with Crippen LogP contribution in [0.4, 0.5) is 0 Å². The van der Waals surface area contributed by atoms with Crippen LogP contribution < -0.4 is 5.73 Å². The molecule has 2 rings (SSSR count). The average molecular weight is 236 g/mol. The molecule has 0 aromatic carbocycles. The normalized spacial score (nSPS) is 10.7. The summed E-state index contributed by atoms with van der Waals surface area (Å²) in [5.41, 5.74) is 7.61. The van der Waals surface area contributed by atoms with Crippen LogP contribution in [0.5, 0.6) is 0 Å². The molecule has 0 fully saturated rings. The van der Waals surface area contributed by atoms with Crippen LogP contribution in [-0.4, -0.2) is 25.2 Å². The van der Waals surface area contributed by atoms with Gasteiger partial charge in [0.15, 0.2) is 0 Å². The largest absolute Gasteiger partial charge is 0.326 e. The van der Waals surface area contributed by atoms with E-state index in [0.717, 1.165) is 16.3 Å². The van der Waals surface area contributed by atoms with Gasteiger partial charge in [-0.05, 0) is 40.7 Å². The number of tetrazole rings is 1. The van der Waals surface area contributed by atoms with Crippen LogP contribution in [0.2, 0.25) is 0 Å². The molecule has 0 aliphatic heterocycles. The highest BCUT2D eigenvalue weighted by molar-refractivity contribution is 7.99. The van der Waals surface area contributed by atoms with Gasteiger partial charge in [0.2, 0.25) is 5.16 Å². The predicted molar refractivity (Wildman–Crippen MR) is 59.8 cm³/mol. The lowest BCUT2D eigenvalue weighted by molar-refractivity contribution is 0.664. The van der Waals surface area contributed by atoms with Crippen LogP contribution in [0.15, 0.2) is 22.3 Å².